The van der Waals surface area contributed by atoms with Gasteiger partial charge in [0.25, 0.3) is 5.91 Å². The van der Waals surface area contributed by atoms with Crippen LogP contribution in [0.5, 0.6) is 11.5 Å². The molecule has 2 fully saturated rings. The van der Waals surface area contributed by atoms with E-state index >= 15 is 0 Å². The highest BCUT2D eigenvalue weighted by molar-refractivity contribution is 6.03. The van der Waals surface area contributed by atoms with E-state index in [4.69, 9.17) is 26.0 Å². The second-order valence-electron chi connectivity index (χ2n) is 11.2. The smallest absolute Gasteiger partial charge is 0.407 e. The molecule has 0 aliphatic heterocycles. The summed E-state index contributed by atoms with van der Waals surface area (Å²) < 4.78 is 13.0. The van der Waals surface area contributed by atoms with E-state index in [1.807, 2.05) is 75.4 Å². The maximum atomic E-state index is 12.3. The fourth-order valence-electron chi connectivity index (χ4n) is 5.48. The molecule has 2 amide bonds. The highest BCUT2D eigenvalue weighted by Crippen LogP contribution is 2.61. The van der Waals surface area contributed by atoms with Crippen LogP contribution in [0, 0.1) is 5.41 Å². The molecule has 2 aromatic carbocycles. The summed E-state index contributed by atoms with van der Waals surface area (Å²) in [4.78, 5) is 24.4. The Kier molecular flexibility index (Phi) is 6.09. The quantitative estimate of drug-likeness (QED) is 0.432. The van der Waals surface area contributed by atoms with Crippen LogP contribution in [0.3, 0.4) is 0 Å². The number of benzene rings is 2. The molecular formula is C28H33N5O4. The minimum absolute atomic E-state index is 0.0787. The number of hydrogen-bond acceptors (Lipinski definition) is 6. The average Bonchev–Trinajstić information content (AvgIpc) is 3.11. The second-order valence-corrected chi connectivity index (χ2v) is 11.2. The zero-order valence-corrected chi connectivity index (χ0v) is 21.4. The molecule has 37 heavy (non-hydrogen) atoms. The van der Waals surface area contributed by atoms with Gasteiger partial charge in [0.05, 0.1) is 6.04 Å². The van der Waals surface area contributed by atoms with Crippen molar-refractivity contribution in [3.63, 3.8) is 0 Å². The summed E-state index contributed by atoms with van der Waals surface area (Å²) in [6.07, 6.45) is 3.17. The normalized spacial score (nSPS) is 22.6. The van der Waals surface area contributed by atoms with E-state index in [1.54, 1.807) is 4.68 Å². The number of rotatable bonds is 6. The molecule has 0 atom stereocenters. The monoisotopic (exact) mass is 503 g/mol. The summed E-state index contributed by atoms with van der Waals surface area (Å²) in [6.45, 7) is 5.55. The molecule has 0 bridgehead atoms. The van der Waals surface area contributed by atoms with Crippen molar-refractivity contribution in [2.75, 3.05) is 5.73 Å². The fourth-order valence-corrected chi connectivity index (χ4v) is 5.48. The average molecular weight is 504 g/mol. The molecule has 5 N–H and O–H groups in total. The maximum absolute atomic E-state index is 12.3. The number of carbonyl (C=O) groups excluding carboxylic acids is 2. The molecule has 1 spiro atoms. The van der Waals surface area contributed by atoms with E-state index in [9.17, 15) is 9.59 Å². The number of aromatic nitrogens is 2. The van der Waals surface area contributed by atoms with Crippen LogP contribution in [0.4, 0.5) is 10.6 Å². The lowest BCUT2D eigenvalue weighted by molar-refractivity contribution is -0.0476. The van der Waals surface area contributed by atoms with E-state index in [1.165, 1.54) is 0 Å². The predicted molar refractivity (Wildman–Crippen MR) is 140 cm³/mol. The molecule has 0 saturated heterocycles. The predicted octanol–water partition coefficient (Wildman–Crippen LogP) is 5.03. The van der Waals surface area contributed by atoms with Gasteiger partial charge in [0, 0.05) is 11.6 Å². The van der Waals surface area contributed by atoms with Gasteiger partial charge >= 0.3 is 6.09 Å². The van der Waals surface area contributed by atoms with Gasteiger partial charge in [0.15, 0.2) is 0 Å². The third kappa shape index (κ3) is 5.12. The second kappa shape index (κ2) is 9.14. The summed E-state index contributed by atoms with van der Waals surface area (Å²) in [5.74, 6) is 1.08. The van der Waals surface area contributed by atoms with Gasteiger partial charge in [-0.2, -0.15) is 5.10 Å². The Morgan fingerprint density at radius 1 is 1.00 bits per heavy atom. The molecule has 194 valence electrons. The Labute approximate surface area is 216 Å². The largest absolute Gasteiger partial charge is 0.457 e. The van der Waals surface area contributed by atoms with Crippen molar-refractivity contribution >= 4 is 17.8 Å². The molecule has 9 heteroatoms. The molecule has 3 aromatic rings. The first-order chi connectivity index (χ1) is 17.5. The lowest BCUT2D eigenvalue weighted by Crippen LogP contribution is -2.57. The molecule has 0 unspecified atom stereocenters. The van der Waals surface area contributed by atoms with E-state index < -0.39 is 11.5 Å². The summed E-state index contributed by atoms with van der Waals surface area (Å²) >= 11 is 0. The van der Waals surface area contributed by atoms with Crippen molar-refractivity contribution in [3.8, 4) is 22.8 Å². The van der Waals surface area contributed by atoms with Crippen LogP contribution in [-0.2, 0) is 4.74 Å². The van der Waals surface area contributed by atoms with Gasteiger partial charge in [-0.15, -0.1) is 0 Å². The molecule has 2 aliphatic carbocycles. The Morgan fingerprint density at radius 3 is 2.22 bits per heavy atom. The lowest BCUT2D eigenvalue weighted by atomic mass is 9.52. The van der Waals surface area contributed by atoms with Crippen LogP contribution < -0.4 is 21.5 Å². The number of nitrogens with one attached hydrogen (secondary N) is 1. The standard InChI is InChI=1S/C28H33N5O4/c1-27(2,3)37-26(35)31-18-13-28(14-18)15-19(16-28)33-24(29)22(25(30)34)23(32-33)17-9-11-21(12-10-17)36-20-7-5-4-6-8-20/h4-12,18-19H,13-16,29H2,1-3H3,(H2,30,34)(H,31,35). The van der Waals surface area contributed by atoms with Crippen LogP contribution in [0.25, 0.3) is 11.3 Å². The number of amides is 2. The van der Waals surface area contributed by atoms with Crippen LogP contribution in [0.1, 0.15) is 62.9 Å². The molecule has 2 aliphatic rings. The maximum Gasteiger partial charge on any atom is 0.407 e. The Balaban J connectivity index is 1.25. The minimum atomic E-state index is -0.609. The first kappa shape index (κ1) is 24.7. The topological polar surface area (TPSA) is 134 Å². The van der Waals surface area contributed by atoms with Crippen molar-refractivity contribution in [1.29, 1.82) is 0 Å². The number of nitrogens with zero attached hydrogens (tertiary/aromatic N) is 2. The third-order valence-corrected chi connectivity index (χ3v) is 7.06. The number of primary amides is 1. The number of carbonyl (C=O) groups is 2. The minimum Gasteiger partial charge on any atom is -0.457 e. The zero-order chi connectivity index (χ0) is 26.4. The zero-order valence-electron chi connectivity index (χ0n) is 21.4. The molecule has 1 heterocycles. The SMILES string of the molecule is CC(C)(C)OC(=O)NC1CC2(C1)CC(n1nc(-c3ccc(Oc4ccccc4)cc3)c(C(N)=O)c1N)C2. The van der Waals surface area contributed by atoms with Crippen LogP contribution in [-0.4, -0.2) is 33.4 Å². The number of nitrogen functional groups attached to an aromatic ring is 1. The Morgan fingerprint density at radius 2 is 1.62 bits per heavy atom. The fraction of sp³-hybridized carbons (Fsp3) is 0.393. The van der Waals surface area contributed by atoms with Gasteiger partial charge in [-0.25, -0.2) is 9.48 Å². The van der Waals surface area contributed by atoms with Crippen molar-refractivity contribution in [2.24, 2.45) is 11.1 Å². The first-order valence-corrected chi connectivity index (χ1v) is 12.5. The molecular weight excluding hydrogens is 470 g/mol. The number of para-hydroxylation sites is 1. The summed E-state index contributed by atoms with van der Waals surface area (Å²) in [5.41, 5.74) is 13.2. The third-order valence-electron chi connectivity index (χ3n) is 7.06. The molecule has 5 rings (SSSR count). The highest BCUT2D eigenvalue weighted by Gasteiger charge is 2.54. The van der Waals surface area contributed by atoms with Gasteiger partial charge < -0.3 is 26.3 Å². The molecule has 1 aromatic heterocycles. The van der Waals surface area contributed by atoms with E-state index in [0.29, 0.717) is 11.4 Å². The van der Waals surface area contributed by atoms with Crippen LogP contribution in [0.15, 0.2) is 54.6 Å². The van der Waals surface area contributed by atoms with Gasteiger partial charge in [0.1, 0.15) is 34.2 Å². The lowest BCUT2D eigenvalue weighted by Gasteiger charge is -2.57. The van der Waals surface area contributed by atoms with Crippen LogP contribution >= 0.6 is 0 Å². The Hall–Kier alpha value is -4.01. The number of hydrogen-bond donors (Lipinski definition) is 3. The summed E-state index contributed by atoms with van der Waals surface area (Å²) in [6, 6.07) is 17.0. The van der Waals surface area contributed by atoms with Crippen molar-refractivity contribution in [3.05, 3.63) is 60.2 Å². The molecule has 0 radical (unpaired) electrons. The summed E-state index contributed by atoms with van der Waals surface area (Å²) in [5, 5.41) is 7.68. The van der Waals surface area contributed by atoms with Crippen LogP contribution in [0.2, 0.25) is 0 Å². The van der Waals surface area contributed by atoms with Gasteiger partial charge in [0.2, 0.25) is 0 Å². The number of ether oxygens (including phenoxy) is 2. The van der Waals surface area contributed by atoms with E-state index in [-0.39, 0.29) is 35.0 Å². The van der Waals surface area contributed by atoms with E-state index in [0.717, 1.165) is 37.0 Å². The van der Waals surface area contributed by atoms with Crippen molar-refractivity contribution in [1.82, 2.24) is 15.1 Å². The molecule has 2 saturated carbocycles. The van der Waals surface area contributed by atoms with Crippen molar-refractivity contribution in [2.45, 2.75) is 64.1 Å². The Bertz CT molecular complexity index is 1300. The van der Waals surface area contributed by atoms with Crippen molar-refractivity contribution < 1.29 is 19.1 Å². The molecule has 9 nitrogen and oxygen atoms in total. The van der Waals surface area contributed by atoms with Gasteiger partial charge in [-0.3, -0.25) is 4.79 Å². The first-order valence-electron chi connectivity index (χ1n) is 12.5. The van der Waals surface area contributed by atoms with Gasteiger partial charge in [-0.05, 0) is 88.3 Å². The number of alkyl carbamates (subject to hydrolysis) is 1. The number of anilines is 1. The van der Waals surface area contributed by atoms with E-state index in [2.05, 4.69) is 5.32 Å². The highest BCUT2D eigenvalue weighted by atomic mass is 16.6. The summed E-state index contributed by atoms with van der Waals surface area (Å²) in [7, 11) is 0. The number of nitrogens with two attached hydrogens (primary N) is 2. The van der Waals surface area contributed by atoms with Gasteiger partial charge in [-0.1, -0.05) is 18.2 Å².